The summed E-state index contributed by atoms with van der Waals surface area (Å²) in [5.74, 6) is -5.51. The van der Waals surface area contributed by atoms with Gasteiger partial charge in [0, 0.05) is 0 Å². The molecule has 0 aliphatic rings. The van der Waals surface area contributed by atoms with E-state index >= 15 is 0 Å². The molecule has 0 bridgehead atoms. The largest absolute Gasteiger partial charge is 0.490 e. The first kappa shape index (κ1) is 24.5. The Hall–Kier alpha value is -1.52. The maximum absolute atomic E-state index is 10.6. The molecular formula is C10H17F6NO4. The van der Waals surface area contributed by atoms with Crippen molar-refractivity contribution in [2.75, 3.05) is 19.6 Å². The van der Waals surface area contributed by atoms with E-state index in [1.165, 1.54) is 19.6 Å². The molecule has 128 valence electrons. The Morgan fingerprint density at radius 3 is 0.905 bits per heavy atom. The molecule has 0 saturated heterocycles. The number of rotatable bonds is 3. The Kier molecular flexibility index (Phi) is 13.0. The first-order valence-electron chi connectivity index (χ1n) is 5.56. The SMILES string of the molecule is CCN(CC)CC.O=C(O)C(F)(F)F.O=C(O)C(F)(F)F. The number of alkyl halides is 6. The molecule has 0 aromatic rings. The molecule has 0 amide bonds. The molecule has 0 unspecified atom stereocenters. The molecular weight excluding hydrogens is 312 g/mol. The first-order valence-corrected chi connectivity index (χ1v) is 5.56. The van der Waals surface area contributed by atoms with Crippen LogP contribution in [0.1, 0.15) is 20.8 Å². The molecule has 21 heavy (non-hydrogen) atoms. The molecule has 0 rings (SSSR count). The summed E-state index contributed by atoms with van der Waals surface area (Å²) < 4.78 is 63.5. The Morgan fingerprint density at radius 1 is 0.762 bits per heavy atom. The van der Waals surface area contributed by atoms with E-state index in [2.05, 4.69) is 25.7 Å². The Balaban J connectivity index is -0.000000231. The highest BCUT2D eigenvalue weighted by Crippen LogP contribution is 2.13. The summed E-state index contributed by atoms with van der Waals surface area (Å²) in [5, 5.41) is 14.2. The second-order valence-electron chi connectivity index (χ2n) is 3.23. The third-order valence-electron chi connectivity index (χ3n) is 1.83. The number of carboxylic acids is 2. The summed E-state index contributed by atoms with van der Waals surface area (Å²) in [6.07, 6.45) is -10.2. The second kappa shape index (κ2) is 11.2. The predicted molar refractivity (Wildman–Crippen MR) is 60.8 cm³/mol. The minimum absolute atomic E-state index is 1.19. The number of aliphatic carboxylic acids is 2. The van der Waals surface area contributed by atoms with Gasteiger partial charge >= 0.3 is 24.3 Å². The predicted octanol–water partition coefficient (Wildman–Crippen LogP) is 2.61. The summed E-state index contributed by atoms with van der Waals surface area (Å²) in [6.45, 7) is 10.1. The third kappa shape index (κ3) is 18.5. The molecule has 0 aliphatic carbocycles. The topological polar surface area (TPSA) is 77.8 Å². The van der Waals surface area contributed by atoms with Crippen molar-refractivity contribution in [2.45, 2.75) is 33.1 Å². The minimum atomic E-state index is -5.08. The molecule has 0 radical (unpaired) electrons. The molecule has 0 spiro atoms. The number of hydrogen-bond acceptors (Lipinski definition) is 3. The minimum Gasteiger partial charge on any atom is -0.475 e. The van der Waals surface area contributed by atoms with E-state index in [-0.39, 0.29) is 0 Å². The highest BCUT2D eigenvalue weighted by molar-refractivity contribution is 5.73. The van der Waals surface area contributed by atoms with Gasteiger partial charge in [-0.05, 0) is 19.6 Å². The lowest BCUT2D eigenvalue weighted by molar-refractivity contribution is -0.193. The van der Waals surface area contributed by atoms with E-state index in [1.54, 1.807) is 0 Å². The summed E-state index contributed by atoms with van der Waals surface area (Å²) in [5.41, 5.74) is 0. The van der Waals surface area contributed by atoms with Gasteiger partial charge in [-0.3, -0.25) is 0 Å². The van der Waals surface area contributed by atoms with Crippen LogP contribution < -0.4 is 0 Å². The van der Waals surface area contributed by atoms with E-state index in [0.29, 0.717) is 0 Å². The molecule has 0 aliphatic heterocycles. The quantitative estimate of drug-likeness (QED) is 0.778. The van der Waals surface area contributed by atoms with Gasteiger partial charge in [-0.25, -0.2) is 9.59 Å². The van der Waals surface area contributed by atoms with Gasteiger partial charge < -0.3 is 15.1 Å². The van der Waals surface area contributed by atoms with Crippen LogP contribution >= 0.6 is 0 Å². The van der Waals surface area contributed by atoms with Crippen LogP contribution in [0.2, 0.25) is 0 Å². The van der Waals surface area contributed by atoms with Gasteiger partial charge in [-0.1, -0.05) is 20.8 Å². The van der Waals surface area contributed by atoms with Crippen LogP contribution in [0.25, 0.3) is 0 Å². The second-order valence-corrected chi connectivity index (χ2v) is 3.23. The molecule has 0 atom stereocenters. The number of carboxylic acid groups (broad SMARTS) is 2. The standard InChI is InChI=1S/C6H15N.2C2HF3O2/c1-4-7(5-2)6-3;2*3-2(4,5)1(6)7/h4-6H2,1-3H3;2*(H,6,7). The van der Waals surface area contributed by atoms with E-state index in [1.807, 2.05) is 0 Å². The maximum Gasteiger partial charge on any atom is 0.490 e. The van der Waals surface area contributed by atoms with Gasteiger partial charge in [0.05, 0.1) is 0 Å². The fourth-order valence-corrected chi connectivity index (χ4v) is 0.671. The van der Waals surface area contributed by atoms with Crippen LogP contribution in [0.5, 0.6) is 0 Å². The zero-order valence-corrected chi connectivity index (χ0v) is 11.5. The van der Waals surface area contributed by atoms with Gasteiger partial charge in [-0.2, -0.15) is 26.3 Å². The highest BCUT2D eigenvalue weighted by Gasteiger charge is 2.38. The Bertz CT molecular complexity index is 269. The molecule has 2 N–H and O–H groups in total. The van der Waals surface area contributed by atoms with Crippen molar-refractivity contribution in [3.8, 4) is 0 Å². The van der Waals surface area contributed by atoms with Crippen LogP contribution in [0.4, 0.5) is 26.3 Å². The maximum atomic E-state index is 10.6. The van der Waals surface area contributed by atoms with Crippen LogP contribution in [0.3, 0.4) is 0 Å². The van der Waals surface area contributed by atoms with E-state index in [0.717, 1.165) is 0 Å². The first-order chi connectivity index (χ1) is 9.23. The summed E-state index contributed by atoms with van der Waals surface area (Å²) in [4.78, 5) is 20.2. The number of carbonyl (C=O) groups is 2. The van der Waals surface area contributed by atoms with Gasteiger partial charge in [0.25, 0.3) is 0 Å². The van der Waals surface area contributed by atoms with Crippen molar-refractivity contribution >= 4 is 11.9 Å². The van der Waals surface area contributed by atoms with Crippen molar-refractivity contribution in [3.63, 3.8) is 0 Å². The zero-order chi connectivity index (χ0) is 17.9. The lowest BCUT2D eigenvalue weighted by atomic mass is 10.5. The summed E-state index contributed by atoms with van der Waals surface area (Å²) >= 11 is 0. The molecule has 0 fully saturated rings. The lowest BCUT2D eigenvalue weighted by Crippen LogP contribution is -2.21. The highest BCUT2D eigenvalue weighted by atomic mass is 19.4. The smallest absolute Gasteiger partial charge is 0.475 e. The molecule has 0 aromatic heterocycles. The van der Waals surface area contributed by atoms with Gasteiger partial charge in [-0.15, -0.1) is 0 Å². The van der Waals surface area contributed by atoms with Gasteiger partial charge in [0.2, 0.25) is 0 Å². The van der Waals surface area contributed by atoms with Gasteiger partial charge in [0.15, 0.2) is 0 Å². The number of halogens is 6. The average molecular weight is 329 g/mol. The van der Waals surface area contributed by atoms with Crippen molar-refractivity contribution in [2.24, 2.45) is 0 Å². The zero-order valence-electron chi connectivity index (χ0n) is 11.5. The fourth-order valence-electron chi connectivity index (χ4n) is 0.671. The van der Waals surface area contributed by atoms with Crippen molar-refractivity contribution in [3.05, 3.63) is 0 Å². The van der Waals surface area contributed by atoms with E-state index in [9.17, 15) is 26.3 Å². The lowest BCUT2D eigenvalue weighted by Gasteiger charge is -2.13. The van der Waals surface area contributed by atoms with Crippen LogP contribution in [0.15, 0.2) is 0 Å². The average Bonchev–Trinajstić information content (AvgIpc) is 2.30. The molecule has 0 saturated carbocycles. The molecule has 11 heteroatoms. The monoisotopic (exact) mass is 329 g/mol. The summed E-state index contributed by atoms with van der Waals surface area (Å²) in [6, 6.07) is 0. The Morgan fingerprint density at radius 2 is 0.905 bits per heavy atom. The molecule has 0 aromatic carbocycles. The van der Waals surface area contributed by atoms with E-state index < -0.39 is 24.3 Å². The van der Waals surface area contributed by atoms with Crippen LogP contribution in [-0.4, -0.2) is 59.0 Å². The Labute approximate surface area is 117 Å². The molecule has 0 heterocycles. The van der Waals surface area contributed by atoms with Crippen LogP contribution in [0, 0.1) is 0 Å². The number of hydrogen-bond donors (Lipinski definition) is 2. The van der Waals surface area contributed by atoms with Gasteiger partial charge in [0.1, 0.15) is 0 Å². The fraction of sp³-hybridized carbons (Fsp3) is 0.800. The third-order valence-corrected chi connectivity index (χ3v) is 1.83. The van der Waals surface area contributed by atoms with Crippen molar-refractivity contribution in [1.82, 2.24) is 4.90 Å². The van der Waals surface area contributed by atoms with Crippen LogP contribution in [-0.2, 0) is 9.59 Å². The van der Waals surface area contributed by atoms with E-state index in [4.69, 9.17) is 19.8 Å². The molecule has 5 nitrogen and oxygen atoms in total. The summed E-state index contributed by atoms with van der Waals surface area (Å²) in [7, 11) is 0. The normalized spacial score (nSPS) is 11.0. The van der Waals surface area contributed by atoms with Crippen molar-refractivity contribution in [1.29, 1.82) is 0 Å². The number of nitrogens with zero attached hydrogens (tertiary/aromatic N) is 1. The van der Waals surface area contributed by atoms with Crippen molar-refractivity contribution < 1.29 is 46.1 Å².